The summed E-state index contributed by atoms with van der Waals surface area (Å²) in [5.74, 6) is -2.64. The number of nitrogens with two attached hydrogens (primary N) is 1. The average molecular weight is 351 g/mol. The monoisotopic (exact) mass is 351 g/mol. The van der Waals surface area contributed by atoms with E-state index < -0.39 is 29.7 Å². The third-order valence-corrected chi connectivity index (χ3v) is 3.05. The van der Waals surface area contributed by atoms with Crippen LogP contribution in [0.4, 0.5) is 0 Å². The van der Waals surface area contributed by atoms with Crippen LogP contribution in [0.25, 0.3) is 0 Å². The van der Waals surface area contributed by atoms with E-state index in [1.807, 2.05) is 18.2 Å². The van der Waals surface area contributed by atoms with Crippen molar-refractivity contribution in [2.45, 2.75) is 32.4 Å². The third-order valence-electron chi connectivity index (χ3n) is 3.05. The molecule has 0 heterocycles. The van der Waals surface area contributed by atoms with Crippen LogP contribution in [0.3, 0.4) is 0 Å². The Morgan fingerprint density at radius 3 is 2.24 bits per heavy atom. The Bertz CT molecular complexity index is 600. The first-order valence-electron chi connectivity index (χ1n) is 7.68. The molecule has 1 atom stereocenters. The molecule has 0 amide bonds. The number of rotatable bonds is 10. The summed E-state index contributed by atoms with van der Waals surface area (Å²) in [7, 11) is 0. The molecule has 0 aliphatic carbocycles. The highest BCUT2D eigenvalue weighted by molar-refractivity contribution is 6.03. The van der Waals surface area contributed by atoms with Gasteiger partial charge in [0.25, 0.3) is 0 Å². The minimum atomic E-state index is -1.49. The van der Waals surface area contributed by atoms with Crippen molar-refractivity contribution >= 4 is 23.7 Å². The second kappa shape index (κ2) is 10.9. The first kappa shape index (κ1) is 20.3. The quantitative estimate of drug-likeness (QED) is 0.280. The molecular weight excluding hydrogens is 330 g/mol. The van der Waals surface area contributed by atoms with Crippen molar-refractivity contribution in [3.63, 3.8) is 0 Å². The Kier molecular flexibility index (Phi) is 8.87. The Morgan fingerprint density at radius 1 is 0.960 bits per heavy atom. The number of esters is 3. The Morgan fingerprint density at radius 2 is 1.60 bits per heavy atom. The van der Waals surface area contributed by atoms with E-state index in [-0.39, 0.29) is 32.7 Å². The molecule has 0 aliphatic heterocycles. The predicted octanol–water partition coefficient (Wildman–Crippen LogP) is 0.513. The van der Waals surface area contributed by atoms with Crippen molar-refractivity contribution in [2.75, 3.05) is 13.2 Å². The van der Waals surface area contributed by atoms with E-state index >= 15 is 0 Å². The van der Waals surface area contributed by atoms with Gasteiger partial charge in [-0.15, -0.1) is 0 Å². The van der Waals surface area contributed by atoms with Crippen molar-refractivity contribution in [3.05, 3.63) is 35.9 Å². The zero-order valence-corrected chi connectivity index (χ0v) is 13.9. The maximum Gasteiger partial charge on any atom is 0.330 e. The van der Waals surface area contributed by atoms with Crippen LogP contribution >= 0.6 is 0 Å². The minimum absolute atomic E-state index is 0.109. The summed E-state index contributed by atoms with van der Waals surface area (Å²) in [5, 5.41) is 0. The Hall–Kier alpha value is -2.74. The average Bonchev–Trinajstić information content (AvgIpc) is 2.61. The molecule has 136 valence electrons. The smallest absolute Gasteiger partial charge is 0.330 e. The summed E-state index contributed by atoms with van der Waals surface area (Å²) in [6.07, 6.45) is -0.409. The molecule has 0 bridgehead atoms. The van der Waals surface area contributed by atoms with Crippen molar-refractivity contribution in [1.29, 1.82) is 0 Å². The van der Waals surface area contributed by atoms with Gasteiger partial charge in [-0.3, -0.25) is 14.4 Å². The zero-order chi connectivity index (χ0) is 18.7. The van der Waals surface area contributed by atoms with E-state index in [1.54, 1.807) is 12.1 Å². The van der Waals surface area contributed by atoms with Crippen molar-refractivity contribution < 1.29 is 33.4 Å². The fourth-order valence-corrected chi connectivity index (χ4v) is 1.74. The first-order valence-corrected chi connectivity index (χ1v) is 7.68. The molecule has 8 nitrogen and oxygen atoms in total. The van der Waals surface area contributed by atoms with Gasteiger partial charge in [0, 0.05) is 13.3 Å². The fraction of sp³-hybridized carbons (Fsp3) is 0.412. The topological polar surface area (TPSA) is 122 Å². The number of ether oxygens (including phenoxy) is 3. The molecule has 25 heavy (non-hydrogen) atoms. The number of carbonyl (C=O) groups excluding carboxylic acids is 4. The lowest BCUT2D eigenvalue weighted by Crippen LogP contribution is -2.40. The number of hydrogen-bond acceptors (Lipinski definition) is 8. The molecule has 0 saturated heterocycles. The Balaban J connectivity index is 2.24. The fourth-order valence-electron chi connectivity index (χ4n) is 1.74. The van der Waals surface area contributed by atoms with Gasteiger partial charge in [-0.2, -0.15) is 0 Å². The number of ketones is 1. The van der Waals surface area contributed by atoms with Gasteiger partial charge in [-0.1, -0.05) is 30.3 Å². The van der Waals surface area contributed by atoms with Gasteiger partial charge < -0.3 is 19.9 Å². The maximum atomic E-state index is 11.8. The molecule has 2 N–H and O–H groups in total. The van der Waals surface area contributed by atoms with E-state index in [1.165, 1.54) is 6.92 Å². The zero-order valence-electron chi connectivity index (χ0n) is 13.9. The third kappa shape index (κ3) is 8.61. The van der Waals surface area contributed by atoms with E-state index in [9.17, 15) is 19.2 Å². The van der Waals surface area contributed by atoms with Gasteiger partial charge >= 0.3 is 17.9 Å². The molecule has 0 spiro atoms. The summed E-state index contributed by atoms with van der Waals surface area (Å²) in [5.41, 5.74) is 6.30. The van der Waals surface area contributed by atoms with Crippen LogP contribution in [0.5, 0.6) is 0 Å². The molecule has 1 unspecified atom stereocenters. The second-order valence-corrected chi connectivity index (χ2v) is 5.10. The molecule has 0 aromatic heterocycles. The molecule has 0 fully saturated rings. The van der Waals surface area contributed by atoms with Gasteiger partial charge in [0.2, 0.25) is 0 Å². The van der Waals surface area contributed by atoms with Crippen LogP contribution in [-0.4, -0.2) is 42.9 Å². The summed E-state index contributed by atoms with van der Waals surface area (Å²) in [6.45, 7) is 1.01. The number of hydrogen-bond donors (Lipinski definition) is 1. The van der Waals surface area contributed by atoms with Crippen LogP contribution in [-0.2, 0) is 40.0 Å². The van der Waals surface area contributed by atoms with Crippen molar-refractivity contribution in [2.24, 2.45) is 5.73 Å². The SMILES string of the molecule is CC(=O)OCCOC(=O)C(N)C(=O)CCC(=O)OCc1ccccc1. The normalized spacial score (nSPS) is 11.3. The highest BCUT2D eigenvalue weighted by Gasteiger charge is 2.24. The van der Waals surface area contributed by atoms with Gasteiger partial charge in [-0.05, 0) is 5.56 Å². The van der Waals surface area contributed by atoms with Crippen molar-refractivity contribution in [3.8, 4) is 0 Å². The van der Waals surface area contributed by atoms with Crippen LogP contribution in [0.2, 0.25) is 0 Å². The molecule has 8 heteroatoms. The molecular formula is C17H21NO7. The predicted molar refractivity (Wildman–Crippen MR) is 86.0 cm³/mol. The van der Waals surface area contributed by atoms with Crippen molar-refractivity contribution in [1.82, 2.24) is 0 Å². The van der Waals surface area contributed by atoms with E-state index in [4.69, 9.17) is 15.2 Å². The summed E-state index contributed by atoms with van der Waals surface area (Å²) < 4.78 is 14.3. The van der Waals surface area contributed by atoms with Crippen LogP contribution in [0, 0.1) is 0 Å². The van der Waals surface area contributed by atoms with Crippen LogP contribution in [0.15, 0.2) is 30.3 Å². The molecule has 0 aliphatic rings. The van der Waals surface area contributed by atoms with E-state index in [0.717, 1.165) is 5.56 Å². The van der Waals surface area contributed by atoms with Gasteiger partial charge in [0.05, 0.1) is 6.42 Å². The van der Waals surface area contributed by atoms with Gasteiger partial charge in [-0.25, -0.2) is 4.79 Å². The Labute approximate surface area is 145 Å². The molecule has 1 aromatic carbocycles. The minimum Gasteiger partial charge on any atom is -0.462 e. The lowest BCUT2D eigenvalue weighted by Gasteiger charge is -2.10. The van der Waals surface area contributed by atoms with Crippen LogP contribution in [0.1, 0.15) is 25.3 Å². The number of benzene rings is 1. The number of carbonyl (C=O) groups is 4. The van der Waals surface area contributed by atoms with E-state index in [2.05, 4.69) is 4.74 Å². The van der Waals surface area contributed by atoms with Gasteiger partial charge in [0.1, 0.15) is 19.8 Å². The summed E-state index contributed by atoms with van der Waals surface area (Å²) in [6, 6.07) is 7.61. The highest BCUT2D eigenvalue weighted by Crippen LogP contribution is 2.04. The van der Waals surface area contributed by atoms with Crippen LogP contribution < -0.4 is 5.73 Å². The van der Waals surface area contributed by atoms with E-state index in [0.29, 0.717) is 0 Å². The maximum absolute atomic E-state index is 11.8. The summed E-state index contributed by atoms with van der Waals surface area (Å²) >= 11 is 0. The van der Waals surface area contributed by atoms with Gasteiger partial charge in [0.15, 0.2) is 11.8 Å². The molecule has 0 radical (unpaired) electrons. The lowest BCUT2D eigenvalue weighted by molar-refractivity contribution is -0.154. The lowest BCUT2D eigenvalue weighted by atomic mass is 10.1. The molecule has 1 aromatic rings. The largest absolute Gasteiger partial charge is 0.462 e. The standard InChI is InChI=1S/C17H21NO7/c1-12(19)23-9-10-24-17(22)16(18)14(20)7-8-15(21)25-11-13-5-3-2-4-6-13/h2-6,16H,7-11,18H2,1H3. The molecule has 0 saturated carbocycles. The second-order valence-electron chi connectivity index (χ2n) is 5.10. The highest BCUT2D eigenvalue weighted by atomic mass is 16.6. The molecule has 1 rings (SSSR count). The number of Topliss-reactive ketones (excluding diaryl/α,β-unsaturated/α-hetero) is 1. The summed E-state index contributed by atoms with van der Waals surface area (Å²) in [4.78, 5) is 45.5. The first-order chi connectivity index (χ1) is 11.9.